The molecule has 1 fully saturated rings. The topological polar surface area (TPSA) is 152 Å². The van der Waals surface area contributed by atoms with Gasteiger partial charge in [0, 0.05) is 43.0 Å². The van der Waals surface area contributed by atoms with E-state index in [9.17, 15) is 23.1 Å². The Kier molecular flexibility index (Phi) is 9.40. The van der Waals surface area contributed by atoms with Crippen molar-refractivity contribution in [3.05, 3.63) is 95.2 Å². The summed E-state index contributed by atoms with van der Waals surface area (Å²) in [4.78, 5) is 26.8. The van der Waals surface area contributed by atoms with Gasteiger partial charge in [0.25, 0.3) is 5.91 Å². The van der Waals surface area contributed by atoms with E-state index in [4.69, 9.17) is 9.47 Å². The number of nitrogens with one attached hydrogen (secondary N) is 2. The van der Waals surface area contributed by atoms with Gasteiger partial charge in [-0.15, -0.1) is 0 Å². The van der Waals surface area contributed by atoms with Crippen LogP contribution in [0.15, 0.2) is 77.7 Å². The molecular formula is C31H33N5O7S. The van der Waals surface area contributed by atoms with Gasteiger partial charge in [-0.05, 0) is 55.8 Å². The number of amides is 1. The van der Waals surface area contributed by atoms with Gasteiger partial charge in [-0.25, -0.2) is 17.9 Å². The molecule has 0 radical (unpaired) electrons. The van der Waals surface area contributed by atoms with Crippen LogP contribution < -0.4 is 14.8 Å². The van der Waals surface area contributed by atoms with Gasteiger partial charge in [0.1, 0.15) is 10.6 Å². The van der Waals surface area contributed by atoms with Gasteiger partial charge in [0.05, 0.1) is 18.9 Å². The van der Waals surface area contributed by atoms with E-state index >= 15 is 0 Å². The van der Waals surface area contributed by atoms with Crippen LogP contribution in [0.25, 0.3) is 5.69 Å². The third-order valence-corrected chi connectivity index (χ3v) is 8.67. The zero-order chi connectivity index (χ0) is 31.3. The first-order valence-corrected chi connectivity index (χ1v) is 15.5. The minimum absolute atomic E-state index is 0.0371. The molecule has 13 heteroatoms. The Balaban J connectivity index is 1.51. The number of anilines is 1. The first-order chi connectivity index (χ1) is 21.1. The van der Waals surface area contributed by atoms with Crippen LogP contribution in [0.3, 0.4) is 0 Å². The number of carbonyl (C=O) groups is 2. The van der Waals surface area contributed by atoms with Crippen molar-refractivity contribution in [1.82, 2.24) is 19.4 Å². The van der Waals surface area contributed by atoms with Crippen molar-refractivity contribution in [2.75, 3.05) is 44.7 Å². The fraction of sp³-hybridized carbons (Fsp3) is 0.258. The molecule has 1 aromatic heterocycles. The lowest BCUT2D eigenvalue weighted by Gasteiger charge is -2.26. The second-order valence-corrected chi connectivity index (χ2v) is 12.0. The number of nitrogens with zero attached hydrogens (tertiary/aromatic N) is 3. The van der Waals surface area contributed by atoms with Crippen molar-refractivity contribution in [3.63, 3.8) is 0 Å². The van der Waals surface area contributed by atoms with Gasteiger partial charge in [-0.3, -0.25) is 9.69 Å². The molecule has 230 valence electrons. The Bertz CT molecular complexity index is 1770. The summed E-state index contributed by atoms with van der Waals surface area (Å²) in [5.41, 5.74) is 1.94. The predicted octanol–water partition coefficient (Wildman–Crippen LogP) is 3.84. The van der Waals surface area contributed by atoms with Crippen molar-refractivity contribution in [2.24, 2.45) is 0 Å². The largest absolute Gasteiger partial charge is 0.476 e. The molecule has 0 aliphatic carbocycles. The SMILES string of the molecule is Cc1ccccc1C(=O)Nc1ccc(Oc2c(C)c(C(=O)O)nn2-c2ccccc2)c(S(=O)(=O)NCCN2CCOCC2)c1. The molecule has 3 N–H and O–H groups in total. The summed E-state index contributed by atoms with van der Waals surface area (Å²) < 4.78 is 43.0. The van der Waals surface area contributed by atoms with Gasteiger partial charge in [0.15, 0.2) is 5.69 Å². The first-order valence-electron chi connectivity index (χ1n) is 14.0. The maximum Gasteiger partial charge on any atom is 0.356 e. The van der Waals surface area contributed by atoms with Gasteiger partial charge in [-0.1, -0.05) is 36.4 Å². The molecule has 0 bridgehead atoms. The maximum absolute atomic E-state index is 13.7. The number of rotatable bonds is 11. The number of sulfonamides is 1. The number of aryl methyl sites for hydroxylation is 1. The molecule has 1 aliphatic rings. The Labute approximate surface area is 255 Å². The maximum atomic E-state index is 13.7. The van der Waals surface area contributed by atoms with E-state index in [2.05, 4.69) is 20.0 Å². The second kappa shape index (κ2) is 13.4. The van der Waals surface area contributed by atoms with Gasteiger partial charge >= 0.3 is 5.97 Å². The van der Waals surface area contributed by atoms with Crippen molar-refractivity contribution in [1.29, 1.82) is 0 Å². The van der Waals surface area contributed by atoms with E-state index in [-0.39, 0.29) is 40.0 Å². The van der Waals surface area contributed by atoms with E-state index in [0.29, 0.717) is 44.1 Å². The van der Waals surface area contributed by atoms with E-state index in [1.54, 1.807) is 42.5 Å². The highest BCUT2D eigenvalue weighted by atomic mass is 32.2. The van der Waals surface area contributed by atoms with E-state index < -0.39 is 21.9 Å². The molecule has 1 amide bonds. The normalized spacial score (nSPS) is 13.9. The van der Waals surface area contributed by atoms with Crippen LogP contribution in [0.4, 0.5) is 5.69 Å². The number of para-hydroxylation sites is 1. The lowest BCUT2D eigenvalue weighted by atomic mass is 10.1. The summed E-state index contributed by atoms with van der Waals surface area (Å²) in [6.07, 6.45) is 0. The molecule has 0 unspecified atom stereocenters. The predicted molar refractivity (Wildman–Crippen MR) is 163 cm³/mol. The average Bonchev–Trinajstić information content (AvgIpc) is 3.34. The summed E-state index contributed by atoms with van der Waals surface area (Å²) in [7, 11) is -4.17. The first kappa shape index (κ1) is 30.9. The number of carboxylic acids is 1. The van der Waals surface area contributed by atoms with Crippen LogP contribution in [-0.2, 0) is 14.8 Å². The van der Waals surface area contributed by atoms with Gasteiger partial charge in [0.2, 0.25) is 15.9 Å². The molecular weight excluding hydrogens is 586 g/mol. The smallest absolute Gasteiger partial charge is 0.356 e. The summed E-state index contributed by atoms with van der Waals surface area (Å²) in [6, 6.07) is 20.1. The number of morpholine rings is 1. The summed E-state index contributed by atoms with van der Waals surface area (Å²) in [6.45, 7) is 6.52. The molecule has 5 rings (SSSR count). The Morgan fingerprint density at radius 2 is 1.70 bits per heavy atom. The number of aromatic nitrogens is 2. The molecule has 12 nitrogen and oxygen atoms in total. The highest BCUT2D eigenvalue weighted by Gasteiger charge is 2.27. The van der Waals surface area contributed by atoms with Crippen molar-refractivity contribution in [2.45, 2.75) is 18.7 Å². The highest BCUT2D eigenvalue weighted by molar-refractivity contribution is 7.89. The fourth-order valence-corrected chi connectivity index (χ4v) is 5.97. The van der Waals surface area contributed by atoms with Crippen LogP contribution >= 0.6 is 0 Å². The molecule has 0 saturated carbocycles. The molecule has 1 aliphatic heterocycles. The van der Waals surface area contributed by atoms with Crippen LogP contribution in [0, 0.1) is 13.8 Å². The van der Waals surface area contributed by atoms with E-state index in [0.717, 1.165) is 5.56 Å². The van der Waals surface area contributed by atoms with Crippen molar-refractivity contribution >= 4 is 27.6 Å². The number of carboxylic acid groups (broad SMARTS) is 1. The zero-order valence-corrected chi connectivity index (χ0v) is 25.1. The lowest BCUT2D eigenvalue weighted by molar-refractivity contribution is 0.0390. The molecule has 1 saturated heterocycles. The number of hydrogen-bond donors (Lipinski definition) is 3. The third kappa shape index (κ3) is 6.97. The number of carbonyl (C=O) groups excluding carboxylic acids is 1. The van der Waals surface area contributed by atoms with Crippen LogP contribution in [0.2, 0.25) is 0 Å². The summed E-state index contributed by atoms with van der Waals surface area (Å²) >= 11 is 0. The number of benzene rings is 3. The van der Waals surface area contributed by atoms with Crippen LogP contribution in [0.1, 0.15) is 32.0 Å². The van der Waals surface area contributed by atoms with Gasteiger partial charge < -0.3 is 19.9 Å². The standard InChI is InChI=1S/C31H33N5O7S/c1-21-8-6-7-11-25(21)29(37)33-23-12-13-26(27(20-23)44(40,41)32-14-15-35-16-18-42-19-17-35)43-30-22(2)28(31(38)39)34-36(30)24-9-4-3-5-10-24/h3-13,20,32H,14-19H2,1-2H3,(H,33,37)(H,38,39). The number of aromatic carboxylic acids is 1. The molecule has 2 heterocycles. The van der Waals surface area contributed by atoms with Crippen molar-refractivity contribution < 1.29 is 32.6 Å². The van der Waals surface area contributed by atoms with Crippen LogP contribution in [0.5, 0.6) is 11.6 Å². The minimum atomic E-state index is -4.17. The zero-order valence-electron chi connectivity index (χ0n) is 24.3. The molecule has 0 atom stereocenters. The Hall–Kier alpha value is -4.56. The second-order valence-electron chi connectivity index (χ2n) is 10.2. The third-order valence-electron chi connectivity index (χ3n) is 7.18. The molecule has 0 spiro atoms. The molecule has 44 heavy (non-hydrogen) atoms. The number of ether oxygens (including phenoxy) is 2. The fourth-order valence-electron chi connectivity index (χ4n) is 4.80. The minimum Gasteiger partial charge on any atom is -0.476 e. The van der Waals surface area contributed by atoms with E-state index in [1.807, 2.05) is 19.1 Å². The summed E-state index contributed by atoms with van der Waals surface area (Å²) in [5.74, 6) is -1.69. The highest BCUT2D eigenvalue weighted by Crippen LogP contribution is 2.35. The number of hydrogen-bond acceptors (Lipinski definition) is 8. The van der Waals surface area contributed by atoms with Crippen LogP contribution in [-0.4, -0.2) is 79.5 Å². The van der Waals surface area contributed by atoms with Gasteiger partial charge in [-0.2, -0.15) is 9.78 Å². The molecule has 4 aromatic rings. The lowest BCUT2D eigenvalue weighted by Crippen LogP contribution is -2.41. The average molecular weight is 620 g/mol. The van der Waals surface area contributed by atoms with Crippen molar-refractivity contribution in [3.8, 4) is 17.3 Å². The Morgan fingerprint density at radius 1 is 1.00 bits per heavy atom. The quantitative estimate of drug-likeness (QED) is 0.227. The summed E-state index contributed by atoms with van der Waals surface area (Å²) in [5, 5.41) is 16.7. The Morgan fingerprint density at radius 3 is 2.41 bits per heavy atom. The molecule has 3 aromatic carbocycles. The van der Waals surface area contributed by atoms with E-state index in [1.165, 1.54) is 29.8 Å². The monoisotopic (exact) mass is 619 g/mol.